The molecule has 0 aromatic rings. The number of nitrogens with zero attached hydrogens (tertiary/aromatic N) is 1. The van der Waals surface area contributed by atoms with E-state index in [0.717, 1.165) is 14.2 Å². The highest BCUT2D eigenvalue weighted by atomic mass is 16.5. The molecule has 0 saturated carbocycles. The molecule has 0 aromatic heterocycles. The number of hydrogen-bond acceptors (Lipinski definition) is 7. The van der Waals surface area contributed by atoms with Crippen LogP contribution in [0, 0.1) is 16.7 Å². The van der Waals surface area contributed by atoms with Crippen molar-refractivity contribution in [2.45, 2.75) is 19.3 Å². The Morgan fingerprint density at radius 3 is 2.00 bits per heavy atom. The molecular formula is C11H15NO6. The van der Waals surface area contributed by atoms with Crippen molar-refractivity contribution >= 4 is 17.9 Å². The normalized spacial score (nSPS) is 12.8. The molecule has 0 saturated heterocycles. The molecule has 1 atom stereocenters. The minimum absolute atomic E-state index is 0.169. The summed E-state index contributed by atoms with van der Waals surface area (Å²) in [5.74, 6) is -2.19. The van der Waals surface area contributed by atoms with Gasteiger partial charge in [-0.15, -0.1) is 0 Å². The number of ether oxygens (including phenoxy) is 3. The van der Waals surface area contributed by atoms with E-state index in [9.17, 15) is 14.4 Å². The molecule has 0 amide bonds. The average molecular weight is 257 g/mol. The second-order valence-corrected chi connectivity index (χ2v) is 3.51. The lowest BCUT2D eigenvalue weighted by atomic mass is 9.81. The third-order valence-electron chi connectivity index (χ3n) is 2.45. The maximum absolute atomic E-state index is 11.6. The maximum Gasteiger partial charge on any atom is 0.326 e. The molecule has 0 unspecified atom stereocenters. The number of hydrogen-bond donors (Lipinski definition) is 0. The van der Waals surface area contributed by atoms with Crippen LogP contribution in [0.25, 0.3) is 0 Å². The molecule has 0 heterocycles. The summed E-state index contributed by atoms with van der Waals surface area (Å²) >= 11 is 0. The van der Waals surface area contributed by atoms with Gasteiger partial charge < -0.3 is 14.2 Å². The number of rotatable bonds is 6. The van der Waals surface area contributed by atoms with Gasteiger partial charge in [-0.3, -0.25) is 14.4 Å². The van der Waals surface area contributed by atoms with E-state index in [-0.39, 0.29) is 12.8 Å². The van der Waals surface area contributed by atoms with Crippen LogP contribution in [0.2, 0.25) is 0 Å². The largest absolute Gasteiger partial charge is 0.469 e. The van der Waals surface area contributed by atoms with Crippen molar-refractivity contribution in [2.75, 3.05) is 21.3 Å². The summed E-state index contributed by atoms with van der Waals surface area (Å²) in [5.41, 5.74) is -1.73. The van der Waals surface area contributed by atoms with Crippen LogP contribution in [0.4, 0.5) is 0 Å². The number of methoxy groups -OCH3 is 3. The molecule has 0 N–H and O–H groups in total. The van der Waals surface area contributed by atoms with Crippen molar-refractivity contribution in [2.24, 2.45) is 5.41 Å². The van der Waals surface area contributed by atoms with Crippen molar-refractivity contribution in [3.05, 3.63) is 0 Å². The van der Waals surface area contributed by atoms with Crippen molar-refractivity contribution in [3.8, 4) is 6.07 Å². The van der Waals surface area contributed by atoms with Gasteiger partial charge in [0, 0.05) is 6.42 Å². The van der Waals surface area contributed by atoms with Crippen molar-refractivity contribution in [1.29, 1.82) is 5.26 Å². The molecule has 0 aromatic carbocycles. The van der Waals surface area contributed by atoms with Crippen LogP contribution in [0.15, 0.2) is 0 Å². The molecule has 7 nitrogen and oxygen atoms in total. The van der Waals surface area contributed by atoms with Crippen LogP contribution in [-0.2, 0) is 28.6 Å². The lowest BCUT2D eigenvalue weighted by molar-refractivity contribution is -0.157. The van der Waals surface area contributed by atoms with Gasteiger partial charge in [0.2, 0.25) is 0 Å². The summed E-state index contributed by atoms with van der Waals surface area (Å²) in [4.78, 5) is 33.9. The summed E-state index contributed by atoms with van der Waals surface area (Å²) < 4.78 is 13.3. The van der Waals surface area contributed by atoms with Gasteiger partial charge in [0.05, 0.1) is 33.8 Å². The molecule has 100 valence electrons. The molecule has 0 fully saturated rings. The highest BCUT2D eigenvalue weighted by Gasteiger charge is 2.43. The first-order valence-corrected chi connectivity index (χ1v) is 5.09. The van der Waals surface area contributed by atoms with Crippen molar-refractivity contribution in [1.82, 2.24) is 0 Å². The highest BCUT2D eigenvalue weighted by Crippen LogP contribution is 2.30. The molecule has 0 bridgehead atoms. The van der Waals surface area contributed by atoms with Gasteiger partial charge in [-0.25, -0.2) is 0 Å². The fourth-order valence-corrected chi connectivity index (χ4v) is 1.34. The van der Waals surface area contributed by atoms with Crippen LogP contribution in [0.1, 0.15) is 19.3 Å². The molecule has 7 heteroatoms. The standard InChI is InChI=1S/C11H15NO6/c1-16-8(13)4-5-11(7-12,10(15)18-3)6-9(14)17-2/h4-6H2,1-3H3/t11-/m1/s1. The van der Waals surface area contributed by atoms with Crippen LogP contribution < -0.4 is 0 Å². The summed E-state index contributed by atoms with van der Waals surface area (Å²) in [5, 5.41) is 9.10. The predicted molar refractivity (Wildman–Crippen MR) is 57.9 cm³/mol. The zero-order valence-electron chi connectivity index (χ0n) is 10.5. The van der Waals surface area contributed by atoms with Crippen LogP contribution >= 0.6 is 0 Å². The van der Waals surface area contributed by atoms with E-state index in [4.69, 9.17) is 5.26 Å². The maximum atomic E-state index is 11.6. The lowest BCUT2D eigenvalue weighted by Gasteiger charge is -2.21. The number of carbonyl (C=O) groups is 3. The van der Waals surface area contributed by atoms with E-state index in [2.05, 4.69) is 14.2 Å². The smallest absolute Gasteiger partial charge is 0.326 e. The van der Waals surface area contributed by atoms with E-state index in [1.807, 2.05) is 0 Å². The molecule has 18 heavy (non-hydrogen) atoms. The monoisotopic (exact) mass is 257 g/mol. The average Bonchev–Trinajstić information content (AvgIpc) is 2.41. The minimum Gasteiger partial charge on any atom is -0.469 e. The Balaban J connectivity index is 5.00. The van der Waals surface area contributed by atoms with Crippen LogP contribution in [0.3, 0.4) is 0 Å². The first-order valence-electron chi connectivity index (χ1n) is 5.09. The Labute approximate surface area is 105 Å². The van der Waals surface area contributed by atoms with E-state index < -0.39 is 29.7 Å². The number of nitriles is 1. The molecular weight excluding hydrogens is 242 g/mol. The van der Waals surface area contributed by atoms with E-state index >= 15 is 0 Å². The third-order valence-corrected chi connectivity index (χ3v) is 2.45. The van der Waals surface area contributed by atoms with Gasteiger partial charge >= 0.3 is 17.9 Å². The van der Waals surface area contributed by atoms with Crippen molar-refractivity contribution in [3.63, 3.8) is 0 Å². The first-order chi connectivity index (χ1) is 8.45. The Bertz CT molecular complexity index is 372. The van der Waals surface area contributed by atoms with Gasteiger partial charge in [0.1, 0.15) is 0 Å². The minimum atomic E-state index is -1.73. The summed E-state index contributed by atoms with van der Waals surface area (Å²) in [6, 6.07) is 1.73. The zero-order chi connectivity index (χ0) is 14.2. The summed E-state index contributed by atoms with van der Waals surface area (Å²) in [7, 11) is 3.43. The van der Waals surface area contributed by atoms with Gasteiger partial charge in [-0.1, -0.05) is 0 Å². The van der Waals surface area contributed by atoms with Gasteiger partial charge in [0.15, 0.2) is 5.41 Å². The zero-order valence-corrected chi connectivity index (χ0v) is 10.5. The molecule has 0 spiro atoms. The lowest BCUT2D eigenvalue weighted by Crippen LogP contribution is -2.34. The van der Waals surface area contributed by atoms with Gasteiger partial charge in [-0.05, 0) is 6.42 Å². The quantitative estimate of drug-likeness (QED) is 0.494. The van der Waals surface area contributed by atoms with Crippen LogP contribution in [0.5, 0.6) is 0 Å². The van der Waals surface area contributed by atoms with Crippen LogP contribution in [-0.4, -0.2) is 39.2 Å². The molecule has 0 radical (unpaired) electrons. The third kappa shape index (κ3) is 4.05. The number of esters is 3. The SMILES string of the molecule is COC(=O)CC[C@](C#N)(CC(=O)OC)C(=O)OC. The Kier molecular flexibility index (Phi) is 6.42. The predicted octanol–water partition coefficient (Wildman–Crippen LogP) is 0.186. The second kappa shape index (κ2) is 7.27. The van der Waals surface area contributed by atoms with E-state index in [1.54, 1.807) is 6.07 Å². The van der Waals surface area contributed by atoms with Gasteiger partial charge in [0.25, 0.3) is 0 Å². The molecule has 0 rings (SSSR count). The van der Waals surface area contributed by atoms with Crippen molar-refractivity contribution < 1.29 is 28.6 Å². The molecule has 0 aliphatic rings. The molecule has 0 aliphatic heterocycles. The Morgan fingerprint density at radius 2 is 1.61 bits per heavy atom. The number of carbonyl (C=O) groups excluding carboxylic acids is 3. The Morgan fingerprint density at radius 1 is 1.06 bits per heavy atom. The Hall–Kier alpha value is -2.10. The topological polar surface area (TPSA) is 103 Å². The fourth-order valence-electron chi connectivity index (χ4n) is 1.34. The van der Waals surface area contributed by atoms with E-state index in [0.29, 0.717) is 0 Å². The highest BCUT2D eigenvalue weighted by molar-refractivity contribution is 5.86. The molecule has 0 aliphatic carbocycles. The fraction of sp³-hybridized carbons (Fsp3) is 0.636. The second-order valence-electron chi connectivity index (χ2n) is 3.51. The summed E-state index contributed by atoms with van der Waals surface area (Å²) in [6.45, 7) is 0. The van der Waals surface area contributed by atoms with E-state index in [1.165, 1.54) is 7.11 Å². The first kappa shape index (κ1) is 15.9. The summed E-state index contributed by atoms with van der Waals surface area (Å²) in [6.07, 6.45) is -0.808. The van der Waals surface area contributed by atoms with Gasteiger partial charge in [-0.2, -0.15) is 5.26 Å².